The maximum atomic E-state index is 4.32. The number of fused-ring (bicyclic) bond motifs is 1. The van der Waals surface area contributed by atoms with Crippen molar-refractivity contribution in [1.82, 2.24) is 9.97 Å². The van der Waals surface area contributed by atoms with E-state index < -0.39 is 0 Å². The van der Waals surface area contributed by atoms with E-state index in [1.54, 1.807) is 23.7 Å². The second-order valence-corrected chi connectivity index (χ2v) is 4.00. The van der Waals surface area contributed by atoms with Gasteiger partial charge in [-0.05, 0) is 13.3 Å². The van der Waals surface area contributed by atoms with Crippen LogP contribution in [0.1, 0.15) is 30.5 Å². The zero-order valence-electron chi connectivity index (χ0n) is 9.16. The van der Waals surface area contributed by atoms with Crippen LogP contribution >= 0.6 is 11.3 Å². The predicted molar refractivity (Wildman–Crippen MR) is 62.9 cm³/mol. The zero-order valence-corrected chi connectivity index (χ0v) is 9.98. The molecule has 0 aliphatic heterocycles. The van der Waals surface area contributed by atoms with Crippen molar-refractivity contribution >= 4 is 22.4 Å². The molecule has 0 bridgehead atoms. The molecule has 0 saturated heterocycles. The lowest BCUT2D eigenvalue weighted by Crippen LogP contribution is -1.80. The molecule has 0 aliphatic carbocycles. The molecule has 3 heteroatoms. The second kappa shape index (κ2) is 5.05. The third kappa shape index (κ3) is 1.93. The first kappa shape index (κ1) is 11.1. The summed E-state index contributed by atoms with van der Waals surface area (Å²) in [6.45, 7) is 8.25. The van der Waals surface area contributed by atoms with Gasteiger partial charge in [0.05, 0.1) is 0 Å². The van der Waals surface area contributed by atoms with Gasteiger partial charge in [0.1, 0.15) is 11.0 Å². The monoisotopic (exact) mass is 208 g/mol. The number of thiophene rings is 1. The topological polar surface area (TPSA) is 25.8 Å². The average molecular weight is 208 g/mol. The summed E-state index contributed by atoms with van der Waals surface area (Å²) in [7, 11) is 0. The molecule has 2 rings (SSSR count). The summed E-state index contributed by atoms with van der Waals surface area (Å²) in [5.41, 5.74) is 2.15. The summed E-state index contributed by atoms with van der Waals surface area (Å²) in [5, 5.41) is 0. The minimum Gasteiger partial charge on any atom is -0.252 e. The number of hydrogen-bond acceptors (Lipinski definition) is 3. The quantitative estimate of drug-likeness (QED) is 0.715. The second-order valence-electron chi connectivity index (χ2n) is 2.69. The van der Waals surface area contributed by atoms with Crippen LogP contribution in [-0.2, 0) is 6.42 Å². The molecular weight excluding hydrogens is 192 g/mol. The number of hydrogen-bond donors (Lipinski definition) is 0. The minimum atomic E-state index is 1.05. The van der Waals surface area contributed by atoms with E-state index in [1.165, 1.54) is 9.75 Å². The fourth-order valence-corrected chi connectivity index (χ4v) is 2.33. The fourth-order valence-electron chi connectivity index (χ4n) is 1.32. The van der Waals surface area contributed by atoms with E-state index in [0.29, 0.717) is 0 Å². The Morgan fingerprint density at radius 2 is 1.71 bits per heavy atom. The van der Waals surface area contributed by atoms with E-state index >= 15 is 0 Å². The van der Waals surface area contributed by atoms with Crippen LogP contribution in [0.5, 0.6) is 0 Å². The van der Waals surface area contributed by atoms with Crippen molar-refractivity contribution in [2.75, 3.05) is 0 Å². The van der Waals surface area contributed by atoms with Crippen molar-refractivity contribution in [3.8, 4) is 0 Å². The SMILES string of the molecule is CC.CCc1sc(C)c2nccnc12. The number of aryl methyl sites for hydroxylation is 2. The Bertz CT molecular complexity index is 407. The smallest absolute Gasteiger partial charge is 0.103 e. The molecule has 0 atom stereocenters. The fraction of sp³-hybridized carbons (Fsp3) is 0.455. The molecule has 0 amide bonds. The maximum absolute atomic E-state index is 4.32. The summed E-state index contributed by atoms with van der Waals surface area (Å²) < 4.78 is 0. The Kier molecular flexibility index (Phi) is 4.01. The van der Waals surface area contributed by atoms with Gasteiger partial charge >= 0.3 is 0 Å². The van der Waals surface area contributed by atoms with Crippen molar-refractivity contribution in [1.29, 1.82) is 0 Å². The molecule has 0 saturated carbocycles. The Morgan fingerprint density at radius 1 is 1.14 bits per heavy atom. The normalized spacial score (nSPS) is 9.71. The van der Waals surface area contributed by atoms with E-state index in [1.807, 2.05) is 13.8 Å². The lowest BCUT2D eigenvalue weighted by atomic mass is 10.3. The van der Waals surface area contributed by atoms with Crippen molar-refractivity contribution in [2.24, 2.45) is 0 Å². The summed E-state index contributed by atoms with van der Waals surface area (Å²) in [6.07, 6.45) is 4.56. The molecule has 0 radical (unpaired) electrons. The van der Waals surface area contributed by atoms with Gasteiger partial charge < -0.3 is 0 Å². The molecule has 14 heavy (non-hydrogen) atoms. The first-order valence-corrected chi connectivity index (χ1v) is 5.83. The molecule has 2 aromatic rings. The maximum Gasteiger partial charge on any atom is 0.103 e. The summed E-state index contributed by atoms with van der Waals surface area (Å²) in [4.78, 5) is 11.2. The van der Waals surface area contributed by atoms with Crippen molar-refractivity contribution in [3.63, 3.8) is 0 Å². The molecular formula is C11H16N2S. The lowest BCUT2D eigenvalue weighted by molar-refractivity contribution is 1.18. The third-order valence-corrected chi connectivity index (χ3v) is 3.12. The highest BCUT2D eigenvalue weighted by molar-refractivity contribution is 7.13. The Labute approximate surface area is 89.0 Å². The van der Waals surface area contributed by atoms with Crippen LogP contribution in [0, 0.1) is 6.92 Å². The van der Waals surface area contributed by atoms with Crippen LogP contribution in [0.3, 0.4) is 0 Å². The van der Waals surface area contributed by atoms with Gasteiger partial charge in [-0.1, -0.05) is 20.8 Å². The molecule has 0 fully saturated rings. The Morgan fingerprint density at radius 3 is 2.29 bits per heavy atom. The van der Waals surface area contributed by atoms with Gasteiger partial charge in [0, 0.05) is 22.1 Å². The van der Waals surface area contributed by atoms with E-state index in [4.69, 9.17) is 0 Å². The first-order chi connectivity index (χ1) is 6.83. The largest absolute Gasteiger partial charge is 0.252 e. The summed E-state index contributed by atoms with van der Waals surface area (Å²) in [5.74, 6) is 0. The van der Waals surface area contributed by atoms with E-state index in [9.17, 15) is 0 Å². The van der Waals surface area contributed by atoms with Gasteiger partial charge in [-0.15, -0.1) is 11.3 Å². The predicted octanol–water partition coefficient (Wildman–Crippen LogP) is 3.59. The van der Waals surface area contributed by atoms with Crippen LogP contribution in [-0.4, -0.2) is 9.97 Å². The van der Waals surface area contributed by atoms with Gasteiger partial charge in [0.15, 0.2) is 0 Å². The molecule has 0 aliphatic rings. The molecule has 76 valence electrons. The van der Waals surface area contributed by atoms with Crippen LogP contribution in [0.2, 0.25) is 0 Å². The van der Waals surface area contributed by atoms with Gasteiger partial charge in [-0.25, -0.2) is 0 Å². The standard InChI is InChI=1S/C9H10N2S.C2H6/c1-3-7-9-8(6(2)12-7)10-4-5-11-9;1-2/h4-5H,3H2,1-2H3;1-2H3. The minimum absolute atomic E-state index is 1.05. The van der Waals surface area contributed by atoms with Crippen LogP contribution in [0.15, 0.2) is 12.4 Å². The third-order valence-electron chi connectivity index (χ3n) is 1.89. The number of aromatic nitrogens is 2. The van der Waals surface area contributed by atoms with Crippen molar-refractivity contribution < 1.29 is 0 Å². The van der Waals surface area contributed by atoms with Crippen LogP contribution in [0.25, 0.3) is 11.0 Å². The molecule has 2 heterocycles. The highest BCUT2D eigenvalue weighted by atomic mass is 32.1. The Hall–Kier alpha value is -0.960. The molecule has 0 unspecified atom stereocenters. The van der Waals surface area contributed by atoms with Crippen LogP contribution in [0.4, 0.5) is 0 Å². The highest BCUT2D eigenvalue weighted by Gasteiger charge is 2.07. The average Bonchev–Trinajstić information content (AvgIpc) is 2.59. The summed E-state index contributed by atoms with van der Waals surface area (Å²) >= 11 is 1.80. The van der Waals surface area contributed by atoms with E-state index in [-0.39, 0.29) is 0 Å². The molecule has 0 spiro atoms. The van der Waals surface area contributed by atoms with Crippen LogP contribution < -0.4 is 0 Å². The zero-order chi connectivity index (χ0) is 10.6. The molecule has 0 aromatic carbocycles. The van der Waals surface area contributed by atoms with E-state index in [0.717, 1.165) is 17.5 Å². The lowest BCUT2D eigenvalue weighted by Gasteiger charge is -1.89. The van der Waals surface area contributed by atoms with Gasteiger partial charge in [0.2, 0.25) is 0 Å². The Balaban J connectivity index is 0.000000461. The highest BCUT2D eigenvalue weighted by Crippen LogP contribution is 2.27. The number of nitrogens with zero attached hydrogens (tertiary/aromatic N) is 2. The molecule has 2 nitrogen and oxygen atoms in total. The summed E-state index contributed by atoms with van der Waals surface area (Å²) in [6, 6.07) is 0. The van der Waals surface area contributed by atoms with Gasteiger partial charge in [0.25, 0.3) is 0 Å². The number of rotatable bonds is 1. The molecule has 0 N–H and O–H groups in total. The van der Waals surface area contributed by atoms with Gasteiger partial charge in [-0.2, -0.15) is 0 Å². The molecule has 2 aromatic heterocycles. The van der Waals surface area contributed by atoms with Gasteiger partial charge in [-0.3, -0.25) is 9.97 Å². The first-order valence-electron chi connectivity index (χ1n) is 5.02. The van der Waals surface area contributed by atoms with Crippen molar-refractivity contribution in [3.05, 3.63) is 22.1 Å². The van der Waals surface area contributed by atoms with Crippen molar-refractivity contribution in [2.45, 2.75) is 34.1 Å². The van der Waals surface area contributed by atoms with E-state index in [2.05, 4.69) is 23.8 Å².